The lowest BCUT2D eigenvalue weighted by Crippen LogP contribution is -2.48. The van der Waals surface area contributed by atoms with Crippen molar-refractivity contribution >= 4 is 36.4 Å². The number of carbonyl (C=O) groups excluding carboxylic acids is 1. The van der Waals surface area contributed by atoms with E-state index in [0.29, 0.717) is 6.42 Å². The first kappa shape index (κ1) is 22.5. The monoisotopic (exact) mass is 398 g/mol. The van der Waals surface area contributed by atoms with Gasteiger partial charge in [-0.15, -0.1) is 24.8 Å². The number of aryl methyl sites for hydroxylation is 1. The number of hydrogen-bond acceptors (Lipinski definition) is 3. The highest BCUT2D eigenvalue weighted by atomic mass is 35.5. The first-order chi connectivity index (χ1) is 11.5. The van der Waals surface area contributed by atoms with Gasteiger partial charge in [0.25, 0.3) is 0 Å². The third kappa shape index (κ3) is 4.78. The lowest BCUT2D eigenvalue weighted by atomic mass is 9.96. The summed E-state index contributed by atoms with van der Waals surface area (Å²) in [5.41, 5.74) is 8.39. The molecule has 1 aliphatic rings. The molecular weight excluding hydrogens is 371 g/mol. The van der Waals surface area contributed by atoms with Crippen LogP contribution in [-0.4, -0.2) is 21.0 Å². The third-order valence-corrected chi connectivity index (χ3v) is 4.69. The highest BCUT2D eigenvalue weighted by Gasteiger charge is 2.27. The number of rotatable bonds is 5. The van der Waals surface area contributed by atoms with E-state index in [1.807, 2.05) is 37.4 Å². The molecule has 0 bridgehead atoms. The summed E-state index contributed by atoms with van der Waals surface area (Å²) in [6.07, 6.45) is 7.08. The van der Waals surface area contributed by atoms with Crippen molar-refractivity contribution in [2.75, 3.05) is 5.32 Å². The highest BCUT2D eigenvalue weighted by molar-refractivity contribution is 5.97. The molecule has 0 spiro atoms. The first-order valence-corrected chi connectivity index (χ1v) is 8.76. The van der Waals surface area contributed by atoms with Gasteiger partial charge in [0.05, 0.1) is 5.54 Å². The van der Waals surface area contributed by atoms with E-state index in [2.05, 4.69) is 14.9 Å². The molecule has 2 heterocycles. The summed E-state index contributed by atoms with van der Waals surface area (Å²) in [6.45, 7) is 4.83. The number of benzene rings is 1. The molecule has 26 heavy (non-hydrogen) atoms. The number of aromatic nitrogens is 2. The van der Waals surface area contributed by atoms with Crippen LogP contribution in [0.15, 0.2) is 30.5 Å². The predicted octanol–water partition coefficient (Wildman–Crippen LogP) is 4.19. The molecule has 0 saturated heterocycles. The minimum absolute atomic E-state index is 0. The fourth-order valence-electron chi connectivity index (χ4n) is 3.28. The zero-order valence-electron chi connectivity index (χ0n) is 15.3. The van der Waals surface area contributed by atoms with Gasteiger partial charge in [0.15, 0.2) is 0 Å². The molecule has 144 valence electrons. The number of nitrogens with two attached hydrogens (primary N) is 1. The van der Waals surface area contributed by atoms with E-state index in [1.165, 1.54) is 18.5 Å². The Bertz CT molecular complexity index is 726. The Morgan fingerprint density at radius 3 is 2.62 bits per heavy atom. The van der Waals surface area contributed by atoms with Crippen molar-refractivity contribution in [2.24, 2.45) is 5.73 Å². The normalized spacial score (nSPS) is 15.0. The lowest BCUT2D eigenvalue weighted by molar-refractivity contribution is -0.120. The van der Waals surface area contributed by atoms with Gasteiger partial charge in [-0.1, -0.05) is 13.3 Å². The van der Waals surface area contributed by atoms with E-state index >= 15 is 0 Å². The van der Waals surface area contributed by atoms with Crippen LogP contribution in [-0.2, 0) is 17.8 Å². The molecule has 7 heteroatoms. The minimum Gasteiger partial charge on any atom is -0.328 e. The second-order valence-electron chi connectivity index (χ2n) is 6.88. The van der Waals surface area contributed by atoms with Gasteiger partial charge in [-0.25, -0.2) is 4.98 Å². The fourth-order valence-corrected chi connectivity index (χ4v) is 3.28. The molecule has 0 saturated carbocycles. The second kappa shape index (κ2) is 9.40. The topological polar surface area (TPSA) is 72.9 Å². The smallest absolute Gasteiger partial charge is 0.244 e. The fraction of sp³-hybridized carbons (Fsp3) is 0.474. The molecule has 1 aliphatic heterocycles. The largest absolute Gasteiger partial charge is 0.328 e. The molecular formula is C19H28Cl2N4O. The first-order valence-electron chi connectivity index (χ1n) is 8.76. The van der Waals surface area contributed by atoms with E-state index in [9.17, 15) is 4.79 Å². The molecule has 1 atom stereocenters. The predicted molar refractivity (Wildman–Crippen MR) is 111 cm³/mol. The number of nitrogens with zero attached hydrogens (tertiary/aromatic N) is 2. The minimum atomic E-state index is -0.838. The Labute approximate surface area is 167 Å². The number of imidazole rings is 1. The van der Waals surface area contributed by atoms with Gasteiger partial charge < -0.3 is 15.6 Å². The van der Waals surface area contributed by atoms with Gasteiger partial charge in [-0.2, -0.15) is 0 Å². The van der Waals surface area contributed by atoms with E-state index in [1.54, 1.807) is 6.92 Å². The van der Waals surface area contributed by atoms with Crippen LogP contribution in [0.3, 0.4) is 0 Å². The summed E-state index contributed by atoms with van der Waals surface area (Å²) in [6, 6.07) is 7.85. The van der Waals surface area contributed by atoms with Gasteiger partial charge in [-0.3, -0.25) is 4.79 Å². The summed E-state index contributed by atoms with van der Waals surface area (Å²) >= 11 is 0. The molecule has 3 rings (SSSR count). The number of amides is 1. The van der Waals surface area contributed by atoms with Gasteiger partial charge >= 0.3 is 0 Å². The Hall–Kier alpha value is -1.56. The van der Waals surface area contributed by atoms with Gasteiger partial charge in [-0.05, 0) is 56.9 Å². The van der Waals surface area contributed by atoms with Gasteiger partial charge in [0.1, 0.15) is 5.82 Å². The van der Waals surface area contributed by atoms with Crippen LogP contribution < -0.4 is 11.1 Å². The van der Waals surface area contributed by atoms with Crippen LogP contribution >= 0.6 is 24.8 Å². The van der Waals surface area contributed by atoms with E-state index < -0.39 is 5.54 Å². The molecule has 0 aliphatic carbocycles. The van der Waals surface area contributed by atoms with Crippen LogP contribution in [0.5, 0.6) is 0 Å². The summed E-state index contributed by atoms with van der Waals surface area (Å²) in [7, 11) is 0. The third-order valence-electron chi connectivity index (χ3n) is 4.69. The summed E-state index contributed by atoms with van der Waals surface area (Å²) in [5, 5.41) is 2.91. The standard InChI is InChI=1S/C19H26N4O.2ClH/c1-3-11-19(2,20)18(24)22-15-9-7-14(8-10-15)17-21-13-16-6-4-5-12-23(16)17;;/h7-10,13H,3-6,11-12,20H2,1-2H3,(H,22,24);2*1H. The van der Waals surface area contributed by atoms with Crippen molar-refractivity contribution in [1.29, 1.82) is 0 Å². The van der Waals surface area contributed by atoms with Crippen molar-refractivity contribution in [3.8, 4) is 11.4 Å². The molecule has 1 unspecified atom stereocenters. The van der Waals surface area contributed by atoms with Crippen molar-refractivity contribution in [2.45, 2.75) is 58.0 Å². The number of hydrogen-bond donors (Lipinski definition) is 2. The van der Waals surface area contributed by atoms with Crippen LogP contribution in [0.4, 0.5) is 5.69 Å². The molecule has 5 nitrogen and oxygen atoms in total. The van der Waals surface area contributed by atoms with E-state index in [4.69, 9.17) is 5.73 Å². The Morgan fingerprint density at radius 1 is 1.27 bits per heavy atom. The molecule has 3 N–H and O–H groups in total. The molecule has 2 aromatic rings. The second-order valence-corrected chi connectivity index (χ2v) is 6.88. The van der Waals surface area contributed by atoms with Crippen molar-refractivity contribution in [1.82, 2.24) is 9.55 Å². The quantitative estimate of drug-likeness (QED) is 0.792. The van der Waals surface area contributed by atoms with E-state index in [0.717, 1.165) is 36.5 Å². The van der Waals surface area contributed by atoms with Gasteiger partial charge in [0.2, 0.25) is 5.91 Å². The number of nitrogens with one attached hydrogen (secondary N) is 1. The Morgan fingerprint density at radius 2 is 1.96 bits per heavy atom. The molecule has 0 fully saturated rings. The Kier molecular flexibility index (Phi) is 8.13. The SMILES string of the molecule is CCCC(C)(N)C(=O)Nc1ccc(-c2ncc3n2CCCC3)cc1.Cl.Cl. The maximum atomic E-state index is 12.3. The molecule has 0 radical (unpaired) electrons. The average molecular weight is 399 g/mol. The summed E-state index contributed by atoms with van der Waals surface area (Å²) in [4.78, 5) is 16.9. The molecule has 1 aromatic carbocycles. The maximum absolute atomic E-state index is 12.3. The van der Waals surface area contributed by atoms with Crippen LogP contribution in [0.1, 0.15) is 45.2 Å². The van der Waals surface area contributed by atoms with Crippen molar-refractivity contribution in [3.05, 3.63) is 36.2 Å². The number of fused-ring (bicyclic) bond motifs is 1. The van der Waals surface area contributed by atoms with Crippen LogP contribution in [0.2, 0.25) is 0 Å². The zero-order chi connectivity index (χ0) is 17.2. The number of halogens is 2. The lowest BCUT2D eigenvalue weighted by Gasteiger charge is -2.23. The summed E-state index contributed by atoms with van der Waals surface area (Å²) in [5.74, 6) is 0.868. The van der Waals surface area contributed by atoms with Crippen LogP contribution in [0.25, 0.3) is 11.4 Å². The summed E-state index contributed by atoms with van der Waals surface area (Å²) < 4.78 is 2.30. The molecule has 1 amide bonds. The maximum Gasteiger partial charge on any atom is 0.244 e. The van der Waals surface area contributed by atoms with Gasteiger partial charge in [0, 0.05) is 29.7 Å². The molecule has 1 aromatic heterocycles. The van der Waals surface area contributed by atoms with Crippen molar-refractivity contribution in [3.63, 3.8) is 0 Å². The van der Waals surface area contributed by atoms with E-state index in [-0.39, 0.29) is 30.7 Å². The van der Waals surface area contributed by atoms with Crippen LogP contribution in [0, 0.1) is 0 Å². The zero-order valence-corrected chi connectivity index (χ0v) is 17.0. The van der Waals surface area contributed by atoms with Crippen molar-refractivity contribution < 1.29 is 4.79 Å². The average Bonchev–Trinajstić information content (AvgIpc) is 2.99. The number of anilines is 1. The Balaban J connectivity index is 0.00000169. The highest BCUT2D eigenvalue weighted by Crippen LogP contribution is 2.25. The number of carbonyl (C=O) groups is 1.